The summed E-state index contributed by atoms with van der Waals surface area (Å²) in [6.07, 6.45) is 1.01. The molecule has 2 nitrogen and oxygen atoms in total. The van der Waals surface area contributed by atoms with Crippen molar-refractivity contribution in [1.29, 1.82) is 0 Å². The Hall–Kier alpha value is -1.67. The lowest BCUT2D eigenvalue weighted by atomic mass is 9.92. The predicted octanol–water partition coefficient (Wildman–Crippen LogP) is 4.21. The van der Waals surface area contributed by atoms with Crippen molar-refractivity contribution in [2.75, 3.05) is 6.54 Å². The van der Waals surface area contributed by atoms with Gasteiger partial charge >= 0.3 is 0 Å². The molecule has 0 aliphatic rings. The van der Waals surface area contributed by atoms with Crippen LogP contribution in [0.2, 0.25) is 0 Å². The lowest BCUT2D eigenvalue weighted by Crippen LogP contribution is -2.24. The van der Waals surface area contributed by atoms with Crippen LogP contribution in [0.25, 0.3) is 0 Å². The number of aromatic nitrogens is 1. The predicted molar refractivity (Wildman–Crippen MR) is 89.7 cm³/mol. The molecule has 112 valence electrons. The van der Waals surface area contributed by atoms with Gasteiger partial charge in [-0.1, -0.05) is 31.2 Å². The molecule has 0 aliphatic heterocycles. The number of likely N-dealkylation sites (N-methyl/N-ethyl adjacent to an activating group) is 1. The van der Waals surface area contributed by atoms with Crippen molar-refractivity contribution < 1.29 is 0 Å². The van der Waals surface area contributed by atoms with Gasteiger partial charge in [0, 0.05) is 17.4 Å². The summed E-state index contributed by atoms with van der Waals surface area (Å²) in [5, 5.41) is 3.62. The molecule has 2 rings (SSSR count). The van der Waals surface area contributed by atoms with E-state index in [0.717, 1.165) is 24.4 Å². The van der Waals surface area contributed by atoms with E-state index in [1.54, 1.807) is 0 Å². The molecule has 0 saturated carbocycles. The first-order valence-corrected chi connectivity index (χ1v) is 7.75. The van der Waals surface area contributed by atoms with Crippen LogP contribution in [0.15, 0.2) is 30.3 Å². The van der Waals surface area contributed by atoms with Gasteiger partial charge < -0.3 is 5.32 Å². The van der Waals surface area contributed by atoms with Crippen LogP contribution in [0.3, 0.4) is 0 Å². The van der Waals surface area contributed by atoms with Crippen LogP contribution in [0.5, 0.6) is 0 Å². The smallest absolute Gasteiger partial charge is 0.0423 e. The second-order valence-corrected chi connectivity index (χ2v) is 5.81. The van der Waals surface area contributed by atoms with Gasteiger partial charge in [-0.15, -0.1) is 0 Å². The summed E-state index contributed by atoms with van der Waals surface area (Å²) < 4.78 is 0. The van der Waals surface area contributed by atoms with E-state index >= 15 is 0 Å². The highest BCUT2D eigenvalue weighted by Gasteiger charge is 2.16. The van der Waals surface area contributed by atoms with E-state index in [1.807, 2.05) is 6.92 Å². The van der Waals surface area contributed by atoms with Crippen LogP contribution < -0.4 is 5.32 Å². The molecular formula is C19H26N2. The lowest BCUT2D eigenvalue weighted by molar-refractivity contribution is 0.542. The van der Waals surface area contributed by atoms with Crippen LogP contribution in [-0.4, -0.2) is 11.5 Å². The quantitative estimate of drug-likeness (QED) is 0.888. The molecule has 0 amide bonds. The van der Waals surface area contributed by atoms with Crippen molar-refractivity contribution in [2.45, 2.75) is 47.1 Å². The van der Waals surface area contributed by atoms with E-state index in [4.69, 9.17) is 0 Å². The summed E-state index contributed by atoms with van der Waals surface area (Å²) in [5.74, 6) is 0. The standard InChI is InChI=1S/C19H26N2/c1-6-20-19(17-11-10-15(4)21-16(17)5)12-18-13(2)8-7-9-14(18)3/h7-11,19-20H,6,12H2,1-5H3. The van der Waals surface area contributed by atoms with E-state index in [0.29, 0.717) is 6.04 Å². The van der Waals surface area contributed by atoms with Gasteiger partial charge in [-0.05, 0) is 69.0 Å². The maximum Gasteiger partial charge on any atom is 0.0423 e. The Labute approximate surface area is 128 Å². The summed E-state index contributed by atoms with van der Waals surface area (Å²) in [5.41, 5.74) is 7.71. The Kier molecular flexibility index (Phi) is 5.13. The van der Waals surface area contributed by atoms with Gasteiger partial charge in [-0.2, -0.15) is 0 Å². The minimum absolute atomic E-state index is 0.322. The van der Waals surface area contributed by atoms with E-state index in [-0.39, 0.29) is 0 Å². The summed E-state index contributed by atoms with van der Waals surface area (Å²) in [4.78, 5) is 4.62. The van der Waals surface area contributed by atoms with E-state index in [1.165, 1.54) is 22.3 Å². The summed E-state index contributed by atoms with van der Waals surface area (Å²) >= 11 is 0. The van der Waals surface area contributed by atoms with Gasteiger partial charge in [-0.3, -0.25) is 4.98 Å². The molecule has 0 fully saturated rings. The SMILES string of the molecule is CCNC(Cc1c(C)cccc1C)c1ccc(C)nc1C. The maximum absolute atomic E-state index is 4.62. The van der Waals surface area contributed by atoms with Gasteiger partial charge in [0.15, 0.2) is 0 Å². The number of hydrogen-bond acceptors (Lipinski definition) is 2. The molecule has 0 spiro atoms. The number of pyridine rings is 1. The van der Waals surface area contributed by atoms with Crippen LogP contribution in [0.1, 0.15) is 46.6 Å². The van der Waals surface area contributed by atoms with Gasteiger partial charge in [0.1, 0.15) is 0 Å². The Morgan fingerprint density at radius 3 is 2.24 bits per heavy atom. The summed E-state index contributed by atoms with van der Waals surface area (Å²) in [7, 11) is 0. The number of rotatable bonds is 5. The summed E-state index contributed by atoms with van der Waals surface area (Å²) in [6.45, 7) is 11.7. The van der Waals surface area contributed by atoms with E-state index in [2.05, 4.69) is 68.3 Å². The van der Waals surface area contributed by atoms with Crippen LogP contribution in [0, 0.1) is 27.7 Å². The molecule has 1 atom stereocenters. The lowest BCUT2D eigenvalue weighted by Gasteiger charge is -2.22. The second-order valence-electron chi connectivity index (χ2n) is 5.81. The fraction of sp³-hybridized carbons (Fsp3) is 0.421. The Morgan fingerprint density at radius 1 is 1.00 bits per heavy atom. The number of benzene rings is 1. The third kappa shape index (κ3) is 3.70. The zero-order chi connectivity index (χ0) is 15.4. The Morgan fingerprint density at radius 2 is 1.67 bits per heavy atom. The van der Waals surface area contributed by atoms with Gasteiger partial charge in [-0.25, -0.2) is 0 Å². The molecule has 1 heterocycles. The first-order chi connectivity index (χ1) is 10.0. The maximum atomic E-state index is 4.62. The highest BCUT2D eigenvalue weighted by molar-refractivity contribution is 5.36. The molecule has 0 aliphatic carbocycles. The molecule has 0 radical (unpaired) electrons. The van der Waals surface area contributed by atoms with Gasteiger partial charge in [0.25, 0.3) is 0 Å². The molecule has 1 aromatic heterocycles. The second kappa shape index (κ2) is 6.86. The fourth-order valence-corrected chi connectivity index (χ4v) is 2.98. The zero-order valence-corrected chi connectivity index (χ0v) is 13.8. The largest absolute Gasteiger partial charge is 0.310 e. The highest BCUT2D eigenvalue weighted by Crippen LogP contribution is 2.24. The molecule has 2 aromatic rings. The molecule has 21 heavy (non-hydrogen) atoms. The number of hydrogen-bond donors (Lipinski definition) is 1. The van der Waals surface area contributed by atoms with Crippen molar-refractivity contribution in [2.24, 2.45) is 0 Å². The van der Waals surface area contributed by atoms with E-state index < -0.39 is 0 Å². The van der Waals surface area contributed by atoms with Crippen LogP contribution in [0.4, 0.5) is 0 Å². The number of nitrogens with zero attached hydrogens (tertiary/aromatic N) is 1. The first kappa shape index (κ1) is 15.7. The van der Waals surface area contributed by atoms with Crippen molar-refractivity contribution >= 4 is 0 Å². The van der Waals surface area contributed by atoms with Crippen molar-refractivity contribution in [1.82, 2.24) is 10.3 Å². The minimum atomic E-state index is 0.322. The molecule has 1 N–H and O–H groups in total. The normalized spacial score (nSPS) is 12.4. The first-order valence-electron chi connectivity index (χ1n) is 7.75. The third-order valence-electron chi connectivity index (χ3n) is 4.14. The monoisotopic (exact) mass is 282 g/mol. The molecule has 1 aromatic carbocycles. The molecular weight excluding hydrogens is 256 g/mol. The highest BCUT2D eigenvalue weighted by atomic mass is 14.9. The Bertz CT molecular complexity index is 597. The van der Waals surface area contributed by atoms with Crippen molar-refractivity contribution in [3.05, 3.63) is 64.0 Å². The fourth-order valence-electron chi connectivity index (χ4n) is 2.98. The molecule has 0 bridgehead atoms. The third-order valence-corrected chi connectivity index (χ3v) is 4.14. The van der Waals surface area contributed by atoms with Crippen molar-refractivity contribution in [3.8, 4) is 0 Å². The number of nitrogens with one attached hydrogen (secondary N) is 1. The van der Waals surface area contributed by atoms with Crippen LogP contribution in [-0.2, 0) is 6.42 Å². The van der Waals surface area contributed by atoms with Gasteiger partial charge in [0.2, 0.25) is 0 Å². The van der Waals surface area contributed by atoms with E-state index in [9.17, 15) is 0 Å². The molecule has 1 unspecified atom stereocenters. The average Bonchev–Trinajstić information content (AvgIpc) is 2.42. The molecule has 2 heteroatoms. The molecule has 0 saturated heterocycles. The minimum Gasteiger partial charge on any atom is -0.310 e. The Balaban J connectivity index is 2.35. The van der Waals surface area contributed by atoms with Crippen molar-refractivity contribution in [3.63, 3.8) is 0 Å². The zero-order valence-electron chi connectivity index (χ0n) is 13.8. The van der Waals surface area contributed by atoms with Crippen LogP contribution >= 0.6 is 0 Å². The summed E-state index contributed by atoms with van der Waals surface area (Å²) in [6, 6.07) is 11.2. The van der Waals surface area contributed by atoms with Gasteiger partial charge in [0.05, 0.1) is 0 Å². The topological polar surface area (TPSA) is 24.9 Å². The number of aryl methyl sites for hydroxylation is 4. The average molecular weight is 282 g/mol.